The Labute approximate surface area is 171 Å². The summed E-state index contributed by atoms with van der Waals surface area (Å²) in [5, 5.41) is 13.7. The van der Waals surface area contributed by atoms with E-state index in [0.717, 1.165) is 15.9 Å². The molecule has 0 atom stereocenters. The van der Waals surface area contributed by atoms with Crippen LogP contribution in [0.2, 0.25) is 0 Å². The van der Waals surface area contributed by atoms with Gasteiger partial charge in [0.15, 0.2) is 0 Å². The molecule has 0 saturated carbocycles. The first-order valence-corrected chi connectivity index (χ1v) is 11.6. The summed E-state index contributed by atoms with van der Waals surface area (Å²) < 4.78 is 0. The number of carbonyl (C=O) groups is 1. The molecule has 4 rings (SSSR count). The van der Waals surface area contributed by atoms with E-state index < -0.39 is 7.26 Å². The number of phenolic OH excluding ortho intramolecular Hbond substituents is 1. The second-order valence-corrected chi connectivity index (χ2v) is 10.4. The van der Waals surface area contributed by atoms with Crippen molar-refractivity contribution in [2.45, 2.75) is 0 Å². The van der Waals surface area contributed by atoms with E-state index in [0.29, 0.717) is 11.7 Å². The van der Waals surface area contributed by atoms with E-state index in [1.807, 2.05) is 54.6 Å². The van der Waals surface area contributed by atoms with Crippen LogP contribution in [0.4, 0.5) is 0 Å². The molecule has 0 radical (unpaired) electrons. The van der Waals surface area contributed by atoms with Gasteiger partial charge in [-0.3, -0.25) is 4.79 Å². The summed E-state index contributed by atoms with van der Waals surface area (Å²) in [4.78, 5) is 13.5. The SMILES string of the molecule is O=C(C[P+](c1ccccc1)(c1ccccc1)c1ccccc1)c1ccccc1O. The lowest BCUT2D eigenvalue weighted by molar-refractivity contribution is 0.101. The van der Waals surface area contributed by atoms with Crippen molar-refractivity contribution in [2.24, 2.45) is 0 Å². The summed E-state index contributed by atoms with van der Waals surface area (Å²) in [6, 6.07) is 37.7. The number of hydrogen-bond donors (Lipinski definition) is 1. The molecule has 4 aromatic carbocycles. The Morgan fingerprint density at radius 3 is 1.38 bits per heavy atom. The molecular formula is C26H22O2P+. The van der Waals surface area contributed by atoms with E-state index in [-0.39, 0.29) is 11.5 Å². The van der Waals surface area contributed by atoms with E-state index in [9.17, 15) is 9.90 Å². The molecule has 0 amide bonds. The quantitative estimate of drug-likeness (QED) is 0.382. The van der Waals surface area contributed by atoms with Crippen LogP contribution in [0.15, 0.2) is 115 Å². The minimum atomic E-state index is -2.26. The van der Waals surface area contributed by atoms with Crippen LogP contribution in [-0.4, -0.2) is 17.1 Å². The first-order valence-electron chi connectivity index (χ1n) is 9.58. The van der Waals surface area contributed by atoms with Gasteiger partial charge in [0.1, 0.15) is 35.1 Å². The van der Waals surface area contributed by atoms with Crippen molar-refractivity contribution in [2.75, 3.05) is 6.16 Å². The molecule has 4 aromatic rings. The molecule has 0 fully saturated rings. The molecule has 0 spiro atoms. The van der Waals surface area contributed by atoms with Crippen LogP contribution in [0.1, 0.15) is 10.4 Å². The van der Waals surface area contributed by atoms with Crippen LogP contribution in [0.25, 0.3) is 0 Å². The van der Waals surface area contributed by atoms with Crippen molar-refractivity contribution < 1.29 is 9.90 Å². The number of aromatic hydroxyl groups is 1. The molecule has 1 N–H and O–H groups in total. The molecule has 3 heteroatoms. The Morgan fingerprint density at radius 2 is 0.966 bits per heavy atom. The lowest BCUT2D eigenvalue weighted by Crippen LogP contribution is -2.35. The Balaban J connectivity index is 1.95. The summed E-state index contributed by atoms with van der Waals surface area (Å²) in [5.74, 6) is -0.0159. The zero-order chi connectivity index (χ0) is 20.1. The zero-order valence-electron chi connectivity index (χ0n) is 16.0. The Bertz CT molecular complexity index is 996. The van der Waals surface area contributed by atoms with E-state index in [1.165, 1.54) is 0 Å². The molecule has 0 aromatic heterocycles. The van der Waals surface area contributed by atoms with E-state index >= 15 is 0 Å². The minimum Gasteiger partial charge on any atom is -0.507 e. The fraction of sp³-hybridized carbons (Fsp3) is 0.0385. The van der Waals surface area contributed by atoms with Gasteiger partial charge >= 0.3 is 0 Å². The van der Waals surface area contributed by atoms with E-state index in [4.69, 9.17) is 0 Å². The highest BCUT2D eigenvalue weighted by molar-refractivity contribution is 7.96. The van der Waals surface area contributed by atoms with Gasteiger partial charge in [-0.25, -0.2) is 0 Å². The summed E-state index contributed by atoms with van der Waals surface area (Å²) in [6.07, 6.45) is 0.322. The van der Waals surface area contributed by atoms with Gasteiger partial charge < -0.3 is 5.11 Å². The predicted octanol–water partition coefficient (Wildman–Crippen LogP) is 4.57. The molecule has 0 heterocycles. The molecule has 0 aliphatic carbocycles. The highest BCUT2D eigenvalue weighted by Crippen LogP contribution is 2.55. The number of Topliss-reactive ketones (excluding diaryl/α,β-unsaturated/α-hetero) is 1. The summed E-state index contributed by atoms with van der Waals surface area (Å²) in [6.45, 7) is 0. The van der Waals surface area contributed by atoms with E-state index in [1.54, 1.807) is 24.3 Å². The Hall–Kier alpha value is -3.22. The maximum absolute atomic E-state index is 13.5. The monoisotopic (exact) mass is 397 g/mol. The second kappa shape index (κ2) is 8.43. The molecule has 2 nitrogen and oxygen atoms in total. The van der Waals surface area contributed by atoms with Crippen LogP contribution < -0.4 is 15.9 Å². The molecule has 0 saturated heterocycles. The van der Waals surface area contributed by atoms with Gasteiger partial charge in [0, 0.05) is 0 Å². The standard InChI is InChI=1S/C26H21O2P/c27-25-19-11-10-18-24(25)26(28)20-29(21-12-4-1-5-13-21,22-14-6-2-7-15-22)23-16-8-3-9-17-23/h1-19H,20H2/p+1. The molecule has 0 unspecified atom stereocenters. The largest absolute Gasteiger partial charge is 0.507 e. The molecular weight excluding hydrogens is 375 g/mol. The average molecular weight is 397 g/mol. The predicted molar refractivity (Wildman–Crippen MR) is 122 cm³/mol. The first-order chi connectivity index (χ1) is 14.2. The highest BCUT2D eigenvalue weighted by atomic mass is 31.2. The lowest BCUT2D eigenvalue weighted by atomic mass is 10.1. The molecule has 0 aliphatic rings. The van der Waals surface area contributed by atoms with Gasteiger partial charge in [0.05, 0.1) is 5.56 Å². The number of phenols is 1. The van der Waals surface area contributed by atoms with Crippen molar-refractivity contribution in [3.8, 4) is 5.75 Å². The Kier molecular flexibility index (Phi) is 5.55. The van der Waals surface area contributed by atoms with Crippen LogP contribution in [0.3, 0.4) is 0 Å². The third kappa shape index (κ3) is 3.72. The molecule has 0 aliphatic heterocycles. The fourth-order valence-corrected chi connectivity index (χ4v) is 7.87. The smallest absolute Gasteiger partial charge is 0.204 e. The van der Waals surface area contributed by atoms with Crippen LogP contribution in [0, 0.1) is 0 Å². The number of carbonyl (C=O) groups excluding carboxylic acids is 1. The topological polar surface area (TPSA) is 37.3 Å². The van der Waals surface area contributed by atoms with Gasteiger partial charge in [-0.2, -0.15) is 0 Å². The average Bonchev–Trinajstić information content (AvgIpc) is 2.79. The lowest BCUT2D eigenvalue weighted by Gasteiger charge is -2.27. The van der Waals surface area contributed by atoms with Crippen LogP contribution in [0.5, 0.6) is 5.75 Å². The van der Waals surface area contributed by atoms with Gasteiger partial charge in [0.25, 0.3) is 0 Å². The van der Waals surface area contributed by atoms with Crippen molar-refractivity contribution in [3.05, 3.63) is 121 Å². The zero-order valence-corrected chi connectivity index (χ0v) is 16.9. The van der Waals surface area contributed by atoms with Crippen molar-refractivity contribution in [1.82, 2.24) is 0 Å². The summed E-state index contributed by atoms with van der Waals surface area (Å²) >= 11 is 0. The Morgan fingerprint density at radius 1 is 0.586 bits per heavy atom. The summed E-state index contributed by atoms with van der Waals surface area (Å²) in [5.41, 5.74) is 0.375. The van der Waals surface area contributed by atoms with Gasteiger partial charge in [-0.15, -0.1) is 0 Å². The van der Waals surface area contributed by atoms with Crippen LogP contribution >= 0.6 is 7.26 Å². The maximum Gasteiger partial charge on any atom is 0.204 e. The number of benzene rings is 4. The maximum atomic E-state index is 13.5. The molecule has 142 valence electrons. The van der Waals surface area contributed by atoms with Crippen molar-refractivity contribution in [3.63, 3.8) is 0 Å². The molecule has 29 heavy (non-hydrogen) atoms. The number of hydrogen-bond acceptors (Lipinski definition) is 2. The van der Waals surface area contributed by atoms with Gasteiger partial charge in [0.2, 0.25) is 5.78 Å². The van der Waals surface area contributed by atoms with Crippen LogP contribution in [-0.2, 0) is 0 Å². The van der Waals surface area contributed by atoms with Crippen molar-refractivity contribution in [1.29, 1.82) is 0 Å². The van der Waals surface area contributed by atoms with Gasteiger partial charge in [-0.1, -0.05) is 66.7 Å². The highest BCUT2D eigenvalue weighted by Gasteiger charge is 2.47. The van der Waals surface area contributed by atoms with Gasteiger partial charge in [-0.05, 0) is 48.5 Å². The number of ketones is 1. The van der Waals surface area contributed by atoms with E-state index in [2.05, 4.69) is 36.4 Å². The van der Waals surface area contributed by atoms with Crippen molar-refractivity contribution >= 4 is 29.0 Å². The normalized spacial score (nSPS) is 11.2. The number of rotatable bonds is 6. The summed E-state index contributed by atoms with van der Waals surface area (Å²) in [7, 11) is -2.26. The third-order valence-corrected chi connectivity index (χ3v) is 9.48. The third-order valence-electron chi connectivity index (χ3n) is 5.18. The fourth-order valence-electron chi connectivity index (χ4n) is 3.78. The minimum absolute atomic E-state index is 0.0322. The first kappa shape index (κ1) is 19.1. The second-order valence-electron chi connectivity index (χ2n) is 6.91. The molecule has 0 bridgehead atoms. The number of para-hydroxylation sites is 1.